The molecule has 5 fully saturated rings. The molecular formula is C21H25N2O4+. The van der Waals surface area contributed by atoms with Gasteiger partial charge in [0.15, 0.2) is 17.5 Å². The molecule has 0 unspecified atom stereocenters. The summed E-state index contributed by atoms with van der Waals surface area (Å²) in [4.78, 5) is 27.2. The van der Waals surface area contributed by atoms with Crippen LogP contribution in [0.1, 0.15) is 44.9 Å². The maximum atomic E-state index is 13.1. The van der Waals surface area contributed by atoms with Crippen LogP contribution in [0.4, 0.5) is 5.69 Å². The number of carbonyl (C=O) groups excluding carboxylic acids is 2. The number of fused-ring (bicyclic) bond motifs is 1. The van der Waals surface area contributed by atoms with Crippen molar-refractivity contribution in [2.24, 2.45) is 17.8 Å². The first-order chi connectivity index (χ1) is 13.1. The fourth-order valence-corrected chi connectivity index (χ4v) is 6.89. The van der Waals surface area contributed by atoms with Gasteiger partial charge < -0.3 is 14.8 Å². The maximum Gasteiger partial charge on any atom is 0.292 e. The summed E-state index contributed by atoms with van der Waals surface area (Å²) >= 11 is 0. The molecule has 1 saturated heterocycles. The number of ether oxygens (including phenoxy) is 2. The minimum absolute atomic E-state index is 0.0744. The second kappa shape index (κ2) is 5.47. The number of carbonyl (C=O) groups is 2. The van der Waals surface area contributed by atoms with Gasteiger partial charge in [-0.05, 0) is 49.1 Å². The number of nitrogens with zero attached hydrogens (tertiary/aromatic N) is 1. The van der Waals surface area contributed by atoms with Crippen molar-refractivity contribution < 1.29 is 24.4 Å². The van der Waals surface area contributed by atoms with Crippen LogP contribution in [0.25, 0.3) is 0 Å². The van der Waals surface area contributed by atoms with Crippen LogP contribution >= 0.6 is 0 Å². The van der Waals surface area contributed by atoms with Gasteiger partial charge in [-0.3, -0.25) is 9.59 Å². The van der Waals surface area contributed by atoms with Crippen LogP contribution < -0.4 is 19.7 Å². The largest absolute Gasteiger partial charge is 0.454 e. The van der Waals surface area contributed by atoms with E-state index in [1.165, 1.54) is 43.4 Å². The second-order valence-corrected chi connectivity index (χ2v) is 9.36. The topological polar surface area (TPSA) is 72.5 Å². The lowest BCUT2D eigenvalue weighted by Crippen LogP contribution is -3.03. The molecule has 142 valence electrons. The Morgan fingerprint density at radius 3 is 2.33 bits per heavy atom. The molecule has 0 spiro atoms. The monoisotopic (exact) mass is 369 g/mol. The van der Waals surface area contributed by atoms with Gasteiger partial charge in [0.25, 0.3) is 5.91 Å². The van der Waals surface area contributed by atoms with Crippen molar-refractivity contribution in [2.45, 2.75) is 56.5 Å². The van der Waals surface area contributed by atoms with Crippen LogP contribution in [0.2, 0.25) is 0 Å². The molecule has 2 amide bonds. The molecule has 1 aromatic carbocycles. The van der Waals surface area contributed by atoms with Crippen LogP contribution in [-0.4, -0.2) is 30.2 Å². The van der Waals surface area contributed by atoms with E-state index in [1.54, 1.807) is 18.2 Å². The average molecular weight is 369 g/mol. The summed E-state index contributed by atoms with van der Waals surface area (Å²) in [5, 5.41) is 2.30. The van der Waals surface area contributed by atoms with Gasteiger partial charge in [-0.25, -0.2) is 4.90 Å². The summed E-state index contributed by atoms with van der Waals surface area (Å²) in [6.45, 7) is 0.184. The fourth-order valence-electron chi connectivity index (χ4n) is 6.89. The quantitative estimate of drug-likeness (QED) is 0.821. The van der Waals surface area contributed by atoms with Gasteiger partial charge in [0.2, 0.25) is 12.7 Å². The number of hydrogen-bond acceptors (Lipinski definition) is 4. The van der Waals surface area contributed by atoms with Crippen molar-refractivity contribution in [3.63, 3.8) is 0 Å². The van der Waals surface area contributed by atoms with E-state index in [0.29, 0.717) is 23.6 Å². The van der Waals surface area contributed by atoms with Crippen molar-refractivity contribution in [1.82, 2.24) is 0 Å². The van der Waals surface area contributed by atoms with Gasteiger partial charge in [-0.1, -0.05) is 0 Å². The average Bonchev–Trinajstić information content (AvgIpc) is 3.17. The Morgan fingerprint density at radius 2 is 1.63 bits per heavy atom. The van der Waals surface area contributed by atoms with Crippen molar-refractivity contribution in [2.75, 3.05) is 11.7 Å². The van der Waals surface area contributed by atoms with Gasteiger partial charge in [0.1, 0.15) is 0 Å². The first-order valence-electron chi connectivity index (χ1n) is 10.2. The number of imide groups is 1. The van der Waals surface area contributed by atoms with Gasteiger partial charge >= 0.3 is 0 Å². The van der Waals surface area contributed by atoms with Crippen LogP contribution in [-0.2, 0) is 9.59 Å². The van der Waals surface area contributed by atoms with Gasteiger partial charge in [0.05, 0.1) is 17.6 Å². The van der Waals surface area contributed by atoms with Crippen molar-refractivity contribution >= 4 is 17.5 Å². The SMILES string of the molecule is O=C1C[C@@H]([NH2+]C23CC4CC(CC(C4)C2)C3)C(=O)N1c1ccc2c(c1)OCO2. The highest BCUT2D eigenvalue weighted by molar-refractivity contribution is 6.21. The van der Waals surface area contributed by atoms with E-state index in [-0.39, 0.29) is 30.2 Å². The lowest BCUT2D eigenvalue weighted by atomic mass is 9.53. The summed E-state index contributed by atoms with van der Waals surface area (Å²) in [5.74, 6) is 3.59. The summed E-state index contributed by atoms with van der Waals surface area (Å²) in [5.41, 5.74) is 0.788. The highest BCUT2D eigenvalue weighted by atomic mass is 16.7. The zero-order chi connectivity index (χ0) is 18.2. The second-order valence-electron chi connectivity index (χ2n) is 9.36. The molecule has 6 heteroatoms. The lowest BCUT2D eigenvalue weighted by Gasteiger charge is -2.55. The lowest BCUT2D eigenvalue weighted by molar-refractivity contribution is -0.755. The Kier molecular flexibility index (Phi) is 3.23. The predicted molar refractivity (Wildman–Crippen MR) is 96.3 cm³/mol. The zero-order valence-electron chi connectivity index (χ0n) is 15.4. The van der Waals surface area contributed by atoms with Gasteiger partial charge in [0, 0.05) is 25.3 Å². The molecule has 4 aliphatic carbocycles. The van der Waals surface area contributed by atoms with Gasteiger partial charge in [-0.2, -0.15) is 0 Å². The molecule has 27 heavy (non-hydrogen) atoms. The maximum absolute atomic E-state index is 13.1. The van der Waals surface area contributed by atoms with E-state index in [1.807, 2.05) is 0 Å². The summed E-state index contributed by atoms with van der Waals surface area (Å²) in [6.07, 6.45) is 8.12. The van der Waals surface area contributed by atoms with E-state index in [9.17, 15) is 9.59 Å². The Balaban J connectivity index is 1.24. The first-order valence-corrected chi connectivity index (χ1v) is 10.2. The molecule has 2 heterocycles. The molecular weight excluding hydrogens is 344 g/mol. The van der Waals surface area contributed by atoms with E-state index < -0.39 is 0 Å². The van der Waals surface area contributed by atoms with Crippen molar-refractivity contribution in [3.8, 4) is 11.5 Å². The van der Waals surface area contributed by atoms with E-state index in [0.717, 1.165) is 17.8 Å². The highest BCUT2D eigenvalue weighted by Gasteiger charge is 2.56. The summed E-state index contributed by atoms with van der Waals surface area (Å²) in [6, 6.07) is 5.01. The molecule has 6 nitrogen and oxygen atoms in total. The molecule has 6 aliphatic rings. The van der Waals surface area contributed by atoms with E-state index in [4.69, 9.17) is 9.47 Å². The molecule has 7 rings (SSSR count). The van der Waals surface area contributed by atoms with Crippen LogP contribution in [0.15, 0.2) is 18.2 Å². The van der Waals surface area contributed by atoms with Crippen LogP contribution in [0, 0.1) is 17.8 Å². The molecule has 4 bridgehead atoms. The fraction of sp³-hybridized carbons (Fsp3) is 0.619. The minimum Gasteiger partial charge on any atom is -0.454 e. The zero-order valence-corrected chi connectivity index (χ0v) is 15.4. The number of benzene rings is 1. The Morgan fingerprint density at radius 1 is 0.963 bits per heavy atom. The number of anilines is 1. The molecule has 2 N–H and O–H groups in total. The molecule has 1 aromatic rings. The molecule has 0 radical (unpaired) electrons. The number of rotatable bonds is 3. The molecule has 4 saturated carbocycles. The summed E-state index contributed by atoms with van der Waals surface area (Å²) in [7, 11) is 0. The smallest absolute Gasteiger partial charge is 0.292 e. The standard InChI is InChI=1S/C21H24N2O4/c24-19-7-16(22-21-8-12-3-13(9-21)5-14(4-12)10-21)20(25)23(19)15-1-2-17-18(6-15)27-11-26-17/h1-2,6,12-14,16,22H,3-5,7-11H2/p+1/t12?,13?,14?,16-,21?/m1/s1. The Labute approximate surface area is 158 Å². The summed E-state index contributed by atoms with van der Waals surface area (Å²) < 4.78 is 10.7. The normalized spacial score (nSPS) is 38.9. The first kappa shape index (κ1) is 15.9. The van der Waals surface area contributed by atoms with E-state index >= 15 is 0 Å². The molecule has 2 aliphatic heterocycles. The Hall–Kier alpha value is -2.08. The minimum atomic E-state index is -0.279. The number of hydrogen-bond donors (Lipinski definition) is 1. The Bertz CT molecular complexity index is 800. The van der Waals surface area contributed by atoms with Crippen LogP contribution in [0.3, 0.4) is 0 Å². The highest BCUT2D eigenvalue weighted by Crippen LogP contribution is 2.54. The van der Waals surface area contributed by atoms with Crippen LogP contribution in [0.5, 0.6) is 11.5 Å². The predicted octanol–water partition coefficient (Wildman–Crippen LogP) is 1.58. The van der Waals surface area contributed by atoms with Gasteiger partial charge in [-0.15, -0.1) is 0 Å². The third-order valence-corrected chi connectivity index (χ3v) is 7.44. The molecule has 1 atom stereocenters. The third kappa shape index (κ3) is 2.42. The van der Waals surface area contributed by atoms with Crippen molar-refractivity contribution in [1.29, 1.82) is 0 Å². The third-order valence-electron chi connectivity index (χ3n) is 7.44. The molecule has 0 aromatic heterocycles. The van der Waals surface area contributed by atoms with Crippen molar-refractivity contribution in [3.05, 3.63) is 18.2 Å². The number of amides is 2. The number of nitrogens with two attached hydrogens (primary N) is 1. The number of quaternary nitrogens is 1. The van der Waals surface area contributed by atoms with E-state index in [2.05, 4.69) is 5.32 Å².